The third-order valence-corrected chi connectivity index (χ3v) is 4.75. The van der Waals surface area contributed by atoms with E-state index >= 15 is 0 Å². The number of aromatic nitrogens is 1. The first-order valence-electron chi connectivity index (χ1n) is 7.89. The number of nitrogens with one attached hydrogen (secondary N) is 2. The molecule has 3 N–H and O–H groups in total. The summed E-state index contributed by atoms with van der Waals surface area (Å²) in [6.45, 7) is 11.0. The number of hydrogen-bond acceptors (Lipinski definition) is 4. The van der Waals surface area contributed by atoms with Gasteiger partial charge in [-0.05, 0) is 12.3 Å². The number of thiazole rings is 1. The molecule has 126 valence electrons. The standard InChI is InChI=1S/C16H29N3O2S/c1-6-13-19-12(9-22-13)7-8-17-15(21)18-10-16(4,5)14(20)11(2)3/h9,11,14,20H,6-8,10H2,1-5H3,(H2,17,18,21). The van der Waals surface area contributed by atoms with Gasteiger partial charge in [-0.3, -0.25) is 0 Å². The van der Waals surface area contributed by atoms with E-state index in [0.29, 0.717) is 13.1 Å². The summed E-state index contributed by atoms with van der Waals surface area (Å²) in [7, 11) is 0. The molecule has 6 heteroatoms. The number of urea groups is 1. The second-order valence-electron chi connectivity index (χ2n) is 6.62. The van der Waals surface area contributed by atoms with Crippen LogP contribution in [-0.2, 0) is 12.8 Å². The highest BCUT2D eigenvalue weighted by atomic mass is 32.1. The molecule has 0 spiro atoms. The molecular weight excluding hydrogens is 298 g/mol. The second-order valence-corrected chi connectivity index (χ2v) is 7.57. The summed E-state index contributed by atoms with van der Waals surface area (Å²) >= 11 is 1.66. The molecule has 0 aliphatic rings. The van der Waals surface area contributed by atoms with E-state index in [1.54, 1.807) is 11.3 Å². The van der Waals surface area contributed by atoms with E-state index in [4.69, 9.17) is 0 Å². The van der Waals surface area contributed by atoms with Crippen LogP contribution in [0.4, 0.5) is 4.79 Å². The number of aliphatic hydroxyl groups is 1. The number of aliphatic hydroxyl groups excluding tert-OH is 1. The molecule has 0 aromatic carbocycles. The van der Waals surface area contributed by atoms with Gasteiger partial charge in [-0.15, -0.1) is 11.3 Å². The summed E-state index contributed by atoms with van der Waals surface area (Å²) in [5.74, 6) is 0.164. The van der Waals surface area contributed by atoms with Gasteiger partial charge in [-0.25, -0.2) is 9.78 Å². The largest absolute Gasteiger partial charge is 0.392 e. The summed E-state index contributed by atoms with van der Waals surface area (Å²) in [6, 6.07) is -0.199. The van der Waals surface area contributed by atoms with E-state index < -0.39 is 6.10 Å². The van der Waals surface area contributed by atoms with Gasteiger partial charge in [0.25, 0.3) is 0 Å². The Morgan fingerprint density at radius 2 is 2.09 bits per heavy atom. The van der Waals surface area contributed by atoms with Crippen LogP contribution in [0.25, 0.3) is 0 Å². The van der Waals surface area contributed by atoms with E-state index in [2.05, 4.69) is 22.5 Å². The van der Waals surface area contributed by atoms with Crippen LogP contribution in [0.15, 0.2) is 5.38 Å². The van der Waals surface area contributed by atoms with E-state index in [1.165, 1.54) is 0 Å². The molecule has 1 atom stereocenters. The predicted molar refractivity (Wildman–Crippen MR) is 91.2 cm³/mol. The lowest BCUT2D eigenvalue weighted by atomic mass is 9.81. The molecule has 1 unspecified atom stereocenters. The molecule has 0 saturated carbocycles. The van der Waals surface area contributed by atoms with Crippen molar-refractivity contribution in [3.05, 3.63) is 16.1 Å². The maximum Gasteiger partial charge on any atom is 0.314 e. The lowest BCUT2D eigenvalue weighted by Gasteiger charge is -2.33. The van der Waals surface area contributed by atoms with Crippen LogP contribution < -0.4 is 10.6 Å². The first-order chi connectivity index (χ1) is 10.3. The van der Waals surface area contributed by atoms with Gasteiger partial charge in [0.15, 0.2) is 0 Å². The van der Waals surface area contributed by atoms with Crippen LogP contribution >= 0.6 is 11.3 Å². The topological polar surface area (TPSA) is 74.2 Å². The molecule has 5 nitrogen and oxygen atoms in total. The molecule has 0 radical (unpaired) electrons. The monoisotopic (exact) mass is 327 g/mol. The van der Waals surface area contributed by atoms with Crippen molar-refractivity contribution in [3.63, 3.8) is 0 Å². The van der Waals surface area contributed by atoms with Gasteiger partial charge in [-0.1, -0.05) is 34.6 Å². The highest BCUT2D eigenvalue weighted by Gasteiger charge is 2.30. The summed E-state index contributed by atoms with van der Waals surface area (Å²) in [6.07, 6.45) is 1.24. The molecule has 0 aliphatic heterocycles. The predicted octanol–water partition coefficient (Wildman–Crippen LogP) is 2.59. The van der Waals surface area contributed by atoms with Gasteiger partial charge in [0.1, 0.15) is 0 Å². The maximum atomic E-state index is 11.8. The zero-order valence-corrected chi connectivity index (χ0v) is 15.1. The first kappa shape index (κ1) is 18.9. The lowest BCUT2D eigenvalue weighted by molar-refractivity contribution is 0.0151. The van der Waals surface area contributed by atoms with Gasteiger partial charge < -0.3 is 15.7 Å². The molecule has 1 aromatic heterocycles. The van der Waals surface area contributed by atoms with Crippen molar-refractivity contribution in [2.45, 2.75) is 53.6 Å². The van der Waals surface area contributed by atoms with Crippen molar-refractivity contribution in [1.82, 2.24) is 15.6 Å². The average Bonchev–Trinajstić information content (AvgIpc) is 2.92. The second kappa shape index (κ2) is 8.48. The number of rotatable bonds is 8. The van der Waals surface area contributed by atoms with Gasteiger partial charge in [0, 0.05) is 30.3 Å². The first-order valence-corrected chi connectivity index (χ1v) is 8.77. The highest BCUT2D eigenvalue weighted by Crippen LogP contribution is 2.24. The molecule has 1 rings (SSSR count). The van der Waals surface area contributed by atoms with Crippen LogP contribution in [-0.4, -0.2) is 35.3 Å². The number of nitrogens with zero attached hydrogens (tertiary/aromatic N) is 1. The van der Waals surface area contributed by atoms with E-state index in [0.717, 1.165) is 23.5 Å². The van der Waals surface area contributed by atoms with Crippen molar-refractivity contribution in [2.75, 3.05) is 13.1 Å². The van der Waals surface area contributed by atoms with E-state index in [-0.39, 0.29) is 17.4 Å². The highest BCUT2D eigenvalue weighted by molar-refractivity contribution is 7.09. The van der Waals surface area contributed by atoms with Crippen LogP contribution in [0.3, 0.4) is 0 Å². The summed E-state index contributed by atoms with van der Waals surface area (Å²) < 4.78 is 0. The fraction of sp³-hybridized carbons (Fsp3) is 0.750. The smallest absolute Gasteiger partial charge is 0.314 e. The zero-order valence-electron chi connectivity index (χ0n) is 14.3. The number of carbonyl (C=O) groups excluding carboxylic acids is 1. The van der Waals surface area contributed by atoms with Crippen LogP contribution in [0, 0.1) is 11.3 Å². The van der Waals surface area contributed by atoms with Crippen molar-refractivity contribution < 1.29 is 9.90 Å². The van der Waals surface area contributed by atoms with E-state index in [9.17, 15) is 9.90 Å². The fourth-order valence-electron chi connectivity index (χ4n) is 2.31. The Morgan fingerprint density at radius 1 is 1.41 bits per heavy atom. The minimum atomic E-state index is -0.449. The Hall–Kier alpha value is -1.14. The molecule has 1 heterocycles. The molecule has 2 amide bonds. The minimum Gasteiger partial charge on any atom is -0.392 e. The lowest BCUT2D eigenvalue weighted by Crippen LogP contribution is -2.46. The van der Waals surface area contributed by atoms with Crippen molar-refractivity contribution in [3.8, 4) is 0 Å². The molecule has 1 aromatic rings. The average molecular weight is 327 g/mol. The van der Waals surface area contributed by atoms with Crippen LogP contribution in [0.5, 0.6) is 0 Å². The molecular formula is C16H29N3O2S. The summed E-state index contributed by atoms with van der Waals surface area (Å²) in [4.78, 5) is 16.3. The zero-order chi connectivity index (χ0) is 16.8. The van der Waals surface area contributed by atoms with Gasteiger partial charge in [0.05, 0.1) is 16.8 Å². The number of aryl methyl sites for hydroxylation is 1. The summed E-state index contributed by atoms with van der Waals surface area (Å²) in [5.41, 5.74) is 0.675. The maximum absolute atomic E-state index is 11.8. The van der Waals surface area contributed by atoms with Crippen molar-refractivity contribution >= 4 is 17.4 Å². The normalized spacial score (nSPS) is 13.2. The van der Waals surface area contributed by atoms with Crippen molar-refractivity contribution in [1.29, 1.82) is 0 Å². The Kier molecular flexibility index (Phi) is 7.29. The Bertz CT molecular complexity index is 472. The third-order valence-electron chi connectivity index (χ3n) is 3.71. The molecule has 22 heavy (non-hydrogen) atoms. The molecule has 0 saturated heterocycles. The Balaban J connectivity index is 2.28. The fourth-order valence-corrected chi connectivity index (χ4v) is 3.09. The number of amides is 2. The third kappa shape index (κ3) is 5.93. The Morgan fingerprint density at radius 3 is 2.64 bits per heavy atom. The van der Waals surface area contributed by atoms with Crippen LogP contribution in [0.1, 0.15) is 45.3 Å². The Labute approximate surface area is 137 Å². The van der Waals surface area contributed by atoms with E-state index in [1.807, 2.05) is 33.1 Å². The van der Waals surface area contributed by atoms with Gasteiger partial charge in [0.2, 0.25) is 0 Å². The van der Waals surface area contributed by atoms with Crippen molar-refractivity contribution in [2.24, 2.45) is 11.3 Å². The van der Waals surface area contributed by atoms with Gasteiger partial charge in [-0.2, -0.15) is 0 Å². The number of carbonyl (C=O) groups is 1. The molecule has 0 fully saturated rings. The molecule has 0 bridgehead atoms. The van der Waals surface area contributed by atoms with Gasteiger partial charge >= 0.3 is 6.03 Å². The minimum absolute atomic E-state index is 0.164. The van der Waals surface area contributed by atoms with Crippen LogP contribution in [0.2, 0.25) is 0 Å². The number of hydrogen-bond donors (Lipinski definition) is 3. The quantitative estimate of drug-likeness (QED) is 0.687. The molecule has 0 aliphatic carbocycles. The SMILES string of the molecule is CCc1nc(CCNC(=O)NCC(C)(C)C(O)C(C)C)cs1. The summed E-state index contributed by atoms with van der Waals surface area (Å²) in [5, 5.41) is 19.0.